The number of carbonyl (C=O) groups is 1. The molecule has 2 aromatic carbocycles. The zero-order valence-corrected chi connectivity index (χ0v) is 18.0. The molecule has 1 unspecified atom stereocenters. The number of halogens is 1. The van der Waals surface area contributed by atoms with Gasteiger partial charge in [0.05, 0.1) is 10.5 Å². The number of carboxylic acids is 1. The van der Waals surface area contributed by atoms with Crippen molar-refractivity contribution in [3.63, 3.8) is 0 Å². The van der Waals surface area contributed by atoms with Gasteiger partial charge in [-0.3, -0.25) is 9.11 Å². The maximum Gasteiger partial charge on any atom is 0.345 e. The summed E-state index contributed by atoms with van der Waals surface area (Å²) in [5.41, 5.74) is 1.39. The second-order valence-corrected chi connectivity index (χ2v) is 10.7. The lowest BCUT2D eigenvalue weighted by atomic mass is 9.89. The predicted octanol–water partition coefficient (Wildman–Crippen LogP) is 5.28. The van der Waals surface area contributed by atoms with Crippen molar-refractivity contribution >= 4 is 28.2 Å². The van der Waals surface area contributed by atoms with Crippen molar-refractivity contribution in [2.75, 3.05) is 5.75 Å². The molecule has 1 aliphatic heterocycles. The van der Waals surface area contributed by atoms with Crippen molar-refractivity contribution in [3.8, 4) is 17.6 Å². The van der Waals surface area contributed by atoms with E-state index in [0.29, 0.717) is 39.0 Å². The first-order chi connectivity index (χ1) is 13.5. The predicted molar refractivity (Wildman–Crippen MR) is 115 cm³/mol. The molecule has 1 aliphatic rings. The molecule has 2 aromatic rings. The van der Waals surface area contributed by atoms with Gasteiger partial charge in [-0.2, -0.15) is 10.6 Å². The van der Waals surface area contributed by atoms with E-state index in [-0.39, 0.29) is 0 Å². The van der Waals surface area contributed by atoms with Crippen LogP contribution in [0.2, 0.25) is 5.02 Å². The third-order valence-electron chi connectivity index (χ3n) is 4.61. The van der Waals surface area contributed by atoms with Crippen LogP contribution in [0.15, 0.2) is 41.3 Å². The first kappa shape index (κ1) is 21.5. The first-order valence-corrected chi connectivity index (χ1v) is 11.2. The van der Waals surface area contributed by atoms with Gasteiger partial charge in [-0.25, -0.2) is 4.79 Å². The summed E-state index contributed by atoms with van der Waals surface area (Å²) in [5.74, 6) is 5.58. The Labute approximate surface area is 177 Å². The van der Waals surface area contributed by atoms with E-state index >= 15 is 0 Å². The zero-order valence-electron chi connectivity index (χ0n) is 16.4. The summed E-state index contributed by atoms with van der Waals surface area (Å²) in [5, 5.41) is 9.98. The first-order valence-electron chi connectivity index (χ1n) is 9.07. The van der Waals surface area contributed by atoms with Crippen molar-refractivity contribution in [2.45, 2.75) is 38.2 Å². The molecule has 3 N–H and O–H groups in total. The van der Waals surface area contributed by atoms with Crippen LogP contribution in [0.4, 0.5) is 0 Å². The molecule has 5 nitrogen and oxygen atoms in total. The Balaban J connectivity index is 1.96. The average Bonchev–Trinajstić information content (AvgIpc) is 2.92. The molecule has 1 heterocycles. The van der Waals surface area contributed by atoms with E-state index in [4.69, 9.17) is 16.3 Å². The summed E-state index contributed by atoms with van der Waals surface area (Å²) in [7, 11) is -2.75. The topological polar surface area (TPSA) is 87.0 Å². The lowest BCUT2D eigenvalue weighted by Gasteiger charge is -2.28. The number of rotatable bonds is 3. The van der Waals surface area contributed by atoms with E-state index in [1.54, 1.807) is 45.0 Å². The molecular formula is C22H23ClO5S. The molecule has 0 amide bonds. The Bertz CT molecular complexity index is 1010. The van der Waals surface area contributed by atoms with Crippen LogP contribution in [-0.4, -0.2) is 32.0 Å². The van der Waals surface area contributed by atoms with Crippen molar-refractivity contribution < 1.29 is 23.7 Å². The lowest BCUT2D eigenvalue weighted by molar-refractivity contribution is -0.150. The number of hydrogen-bond donors (Lipinski definition) is 3. The molecule has 3 rings (SSSR count). The SMILES string of the molecule is CC(C)(C)C(Oc1ccc(Cl)cc1C#Cc1ccc2c(c1)S(O)(O)CC2)C(=O)O. The number of fused-ring (bicyclic) bond motifs is 1. The summed E-state index contributed by atoms with van der Waals surface area (Å²) >= 11 is 6.10. The Kier molecular flexibility index (Phi) is 5.88. The van der Waals surface area contributed by atoms with Crippen LogP contribution >= 0.6 is 22.2 Å². The average molecular weight is 435 g/mol. The van der Waals surface area contributed by atoms with Crippen molar-refractivity contribution in [1.29, 1.82) is 0 Å². The highest BCUT2D eigenvalue weighted by Gasteiger charge is 2.34. The molecule has 0 aromatic heterocycles. The molecule has 29 heavy (non-hydrogen) atoms. The molecular weight excluding hydrogens is 412 g/mol. The third-order valence-corrected chi connectivity index (χ3v) is 6.71. The number of aliphatic carboxylic acids is 1. The summed E-state index contributed by atoms with van der Waals surface area (Å²) < 4.78 is 26.1. The number of hydrogen-bond acceptors (Lipinski definition) is 4. The standard InChI is InChI=1S/C22H23ClO5S/c1-22(2,3)20(21(24)25)28-18-9-8-17(23)13-16(18)7-5-14-4-6-15-10-11-29(26,27)19(15)12-14/h4,6,8-9,12-13,20,26-27H,10-11H2,1-3H3,(H,24,25). The van der Waals surface area contributed by atoms with Gasteiger partial charge in [0.15, 0.2) is 6.10 Å². The van der Waals surface area contributed by atoms with E-state index in [1.165, 1.54) is 0 Å². The second kappa shape index (κ2) is 7.92. The number of aryl methyl sites for hydroxylation is 1. The van der Waals surface area contributed by atoms with Crippen LogP contribution in [0, 0.1) is 17.3 Å². The second-order valence-electron chi connectivity index (χ2n) is 8.04. The van der Waals surface area contributed by atoms with Crippen LogP contribution in [0.3, 0.4) is 0 Å². The van der Waals surface area contributed by atoms with E-state index < -0.39 is 28.1 Å². The smallest absolute Gasteiger partial charge is 0.345 e. The Morgan fingerprint density at radius 3 is 2.55 bits per heavy atom. The van der Waals surface area contributed by atoms with Gasteiger partial charge >= 0.3 is 5.97 Å². The van der Waals surface area contributed by atoms with Gasteiger partial charge in [0, 0.05) is 21.8 Å². The van der Waals surface area contributed by atoms with E-state index in [1.807, 2.05) is 12.1 Å². The van der Waals surface area contributed by atoms with Crippen LogP contribution in [-0.2, 0) is 11.2 Å². The van der Waals surface area contributed by atoms with Crippen molar-refractivity contribution in [2.24, 2.45) is 5.41 Å². The molecule has 1 atom stereocenters. The number of ether oxygens (including phenoxy) is 1. The highest BCUT2D eigenvalue weighted by Crippen LogP contribution is 2.55. The van der Waals surface area contributed by atoms with Crippen LogP contribution in [0.25, 0.3) is 0 Å². The molecule has 154 valence electrons. The van der Waals surface area contributed by atoms with Gasteiger partial charge in [-0.05, 0) is 42.3 Å². The maximum atomic E-state index is 11.6. The molecule has 0 spiro atoms. The highest BCUT2D eigenvalue weighted by atomic mass is 35.5. The monoisotopic (exact) mass is 434 g/mol. The minimum absolute atomic E-state index is 0.328. The van der Waals surface area contributed by atoms with Gasteiger partial charge in [-0.15, -0.1) is 0 Å². The normalized spacial score (nSPS) is 16.9. The lowest BCUT2D eigenvalue weighted by Crippen LogP contribution is -2.39. The van der Waals surface area contributed by atoms with E-state index in [9.17, 15) is 19.0 Å². The fraction of sp³-hybridized carbons (Fsp3) is 0.318. The molecule has 0 radical (unpaired) electrons. The summed E-state index contributed by atoms with van der Waals surface area (Å²) in [6.45, 7) is 5.36. The van der Waals surface area contributed by atoms with Crippen LogP contribution in [0.5, 0.6) is 5.75 Å². The Morgan fingerprint density at radius 2 is 1.90 bits per heavy atom. The fourth-order valence-electron chi connectivity index (χ4n) is 3.07. The molecule has 7 heteroatoms. The minimum Gasteiger partial charge on any atom is -0.478 e. The van der Waals surface area contributed by atoms with Crippen molar-refractivity contribution in [1.82, 2.24) is 0 Å². The summed E-state index contributed by atoms with van der Waals surface area (Å²) in [6, 6.07) is 10.2. The van der Waals surface area contributed by atoms with E-state index in [0.717, 1.165) is 5.56 Å². The Hall–Kier alpha value is -2.17. The van der Waals surface area contributed by atoms with Crippen molar-refractivity contribution in [3.05, 3.63) is 58.1 Å². The van der Waals surface area contributed by atoms with Crippen LogP contribution < -0.4 is 4.74 Å². The maximum absolute atomic E-state index is 11.6. The molecule has 0 saturated carbocycles. The minimum atomic E-state index is -2.75. The summed E-state index contributed by atoms with van der Waals surface area (Å²) in [4.78, 5) is 12.2. The highest BCUT2D eigenvalue weighted by molar-refractivity contribution is 8.24. The fourth-order valence-corrected chi connectivity index (χ4v) is 4.87. The van der Waals surface area contributed by atoms with Gasteiger partial charge in [0.25, 0.3) is 0 Å². The van der Waals surface area contributed by atoms with Gasteiger partial charge in [0.2, 0.25) is 0 Å². The van der Waals surface area contributed by atoms with Gasteiger partial charge in [0.1, 0.15) is 5.75 Å². The summed E-state index contributed by atoms with van der Waals surface area (Å²) in [6.07, 6.45) is -0.418. The molecule has 0 aliphatic carbocycles. The number of benzene rings is 2. The van der Waals surface area contributed by atoms with E-state index in [2.05, 4.69) is 11.8 Å². The van der Waals surface area contributed by atoms with Crippen LogP contribution in [0.1, 0.15) is 37.5 Å². The number of carboxylic acid groups (broad SMARTS) is 1. The molecule has 0 saturated heterocycles. The molecule has 0 fully saturated rings. The molecule has 0 bridgehead atoms. The quantitative estimate of drug-likeness (QED) is 0.572. The Morgan fingerprint density at radius 1 is 1.17 bits per heavy atom. The largest absolute Gasteiger partial charge is 0.478 e. The van der Waals surface area contributed by atoms with Gasteiger partial charge < -0.3 is 9.84 Å². The zero-order chi connectivity index (χ0) is 21.4. The van der Waals surface area contributed by atoms with Gasteiger partial charge in [-0.1, -0.05) is 50.3 Å². The third kappa shape index (κ3) is 4.88.